The molecule has 132 valence electrons. The van der Waals surface area contributed by atoms with Crippen molar-refractivity contribution in [2.75, 3.05) is 26.7 Å². The standard InChI is InChI=1S/C19H21FN2O2S/c1-21-19(23)12-24-18-10-16(25-15-4-2-3-14(20)9-15)5-6-17(18)13-7-8-22-11-13/h2-6,9-10,13,22H,7-8,11-12H2,1H3,(H,21,23). The lowest BCUT2D eigenvalue weighted by Crippen LogP contribution is -2.25. The zero-order valence-electron chi connectivity index (χ0n) is 14.0. The van der Waals surface area contributed by atoms with E-state index in [2.05, 4.69) is 16.7 Å². The number of hydrogen-bond acceptors (Lipinski definition) is 4. The zero-order chi connectivity index (χ0) is 17.6. The normalized spacial score (nSPS) is 16.6. The molecule has 0 saturated carbocycles. The molecule has 3 rings (SSSR count). The summed E-state index contributed by atoms with van der Waals surface area (Å²) in [6.07, 6.45) is 1.05. The van der Waals surface area contributed by atoms with Gasteiger partial charge in [0.2, 0.25) is 0 Å². The van der Waals surface area contributed by atoms with E-state index in [1.54, 1.807) is 13.1 Å². The van der Waals surface area contributed by atoms with Gasteiger partial charge in [-0.3, -0.25) is 4.79 Å². The Hall–Kier alpha value is -2.05. The highest BCUT2D eigenvalue weighted by Crippen LogP contribution is 2.36. The van der Waals surface area contributed by atoms with Crippen molar-refractivity contribution in [3.63, 3.8) is 0 Å². The van der Waals surface area contributed by atoms with E-state index in [0.717, 1.165) is 40.6 Å². The summed E-state index contributed by atoms with van der Waals surface area (Å²) in [5, 5.41) is 5.91. The van der Waals surface area contributed by atoms with Crippen LogP contribution in [0.25, 0.3) is 0 Å². The molecule has 2 aromatic carbocycles. The summed E-state index contributed by atoms with van der Waals surface area (Å²) in [7, 11) is 1.59. The van der Waals surface area contributed by atoms with Gasteiger partial charge in [-0.1, -0.05) is 23.9 Å². The summed E-state index contributed by atoms with van der Waals surface area (Å²) in [5.74, 6) is 0.681. The van der Waals surface area contributed by atoms with Crippen molar-refractivity contribution in [3.05, 3.63) is 53.8 Å². The summed E-state index contributed by atoms with van der Waals surface area (Å²) in [6.45, 7) is 1.88. The van der Waals surface area contributed by atoms with Gasteiger partial charge in [0, 0.05) is 29.3 Å². The Morgan fingerprint density at radius 3 is 2.88 bits per heavy atom. The maximum absolute atomic E-state index is 13.4. The van der Waals surface area contributed by atoms with Crippen LogP contribution < -0.4 is 15.4 Å². The Balaban J connectivity index is 1.83. The topological polar surface area (TPSA) is 50.4 Å². The molecule has 25 heavy (non-hydrogen) atoms. The molecular formula is C19H21FN2O2S. The Morgan fingerprint density at radius 2 is 2.16 bits per heavy atom. The van der Waals surface area contributed by atoms with E-state index in [1.807, 2.05) is 18.2 Å². The molecule has 1 unspecified atom stereocenters. The number of carbonyl (C=O) groups is 1. The summed E-state index contributed by atoms with van der Waals surface area (Å²) in [5.41, 5.74) is 1.11. The first-order chi connectivity index (χ1) is 12.2. The predicted octanol–water partition coefficient (Wildman–Crippen LogP) is 3.18. The van der Waals surface area contributed by atoms with E-state index in [-0.39, 0.29) is 18.3 Å². The zero-order valence-corrected chi connectivity index (χ0v) is 14.9. The molecule has 0 radical (unpaired) electrons. The van der Waals surface area contributed by atoms with E-state index in [0.29, 0.717) is 5.92 Å². The van der Waals surface area contributed by atoms with Gasteiger partial charge in [0.25, 0.3) is 5.91 Å². The Bertz CT molecular complexity index is 748. The van der Waals surface area contributed by atoms with Crippen LogP contribution in [-0.4, -0.2) is 32.7 Å². The van der Waals surface area contributed by atoms with Gasteiger partial charge >= 0.3 is 0 Å². The van der Waals surface area contributed by atoms with Crippen molar-refractivity contribution in [1.82, 2.24) is 10.6 Å². The van der Waals surface area contributed by atoms with Crippen molar-refractivity contribution in [1.29, 1.82) is 0 Å². The average molecular weight is 360 g/mol. The number of likely N-dealkylation sites (N-methyl/N-ethyl adjacent to an activating group) is 1. The van der Waals surface area contributed by atoms with Crippen LogP contribution in [0.5, 0.6) is 5.75 Å². The number of amides is 1. The monoisotopic (exact) mass is 360 g/mol. The van der Waals surface area contributed by atoms with Gasteiger partial charge in [0.1, 0.15) is 11.6 Å². The van der Waals surface area contributed by atoms with Gasteiger partial charge in [0.05, 0.1) is 0 Å². The van der Waals surface area contributed by atoms with Crippen LogP contribution in [0.2, 0.25) is 0 Å². The SMILES string of the molecule is CNC(=O)COc1cc(Sc2cccc(F)c2)ccc1C1CCNC1. The molecule has 1 aliphatic rings. The fraction of sp³-hybridized carbons (Fsp3) is 0.316. The van der Waals surface area contributed by atoms with Crippen LogP contribution in [-0.2, 0) is 4.79 Å². The molecule has 0 aliphatic carbocycles. The Kier molecular flexibility index (Phi) is 5.94. The lowest BCUT2D eigenvalue weighted by Gasteiger charge is -2.17. The molecule has 1 amide bonds. The lowest BCUT2D eigenvalue weighted by atomic mass is 9.97. The van der Waals surface area contributed by atoms with E-state index in [4.69, 9.17) is 4.74 Å². The summed E-state index contributed by atoms with van der Waals surface area (Å²) >= 11 is 1.47. The molecule has 1 atom stereocenters. The molecule has 0 spiro atoms. The van der Waals surface area contributed by atoms with E-state index in [1.165, 1.54) is 23.9 Å². The highest BCUT2D eigenvalue weighted by Gasteiger charge is 2.21. The van der Waals surface area contributed by atoms with Gasteiger partial charge in [-0.05, 0) is 48.9 Å². The lowest BCUT2D eigenvalue weighted by molar-refractivity contribution is -0.122. The van der Waals surface area contributed by atoms with Crippen molar-refractivity contribution in [2.24, 2.45) is 0 Å². The van der Waals surface area contributed by atoms with Gasteiger partial charge < -0.3 is 15.4 Å². The fourth-order valence-electron chi connectivity index (χ4n) is 2.84. The molecule has 0 aromatic heterocycles. The third-order valence-corrected chi connectivity index (χ3v) is 5.13. The van der Waals surface area contributed by atoms with Crippen LogP contribution in [0, 0.1) is 5.82 Å². The first-order valence-corrected chi connectivity index (χ1v) is 9.09. The molecule has 2 aromatic rings. The quantitative estimate of drug-likeness (QED) is 0.831. The molecule has 1 heterocycles. The van der Waals surface area contributed by atoms with Crippen LogP contribution in [0.3, 0.4) is 0 Å². The predicted molar refractivity (Wildman–Crippen MR) is 96.8 cm³/mol. The van der Waals surface area contributed by atoms with Crippen molar-refractivity contribution < 1.29 is 13.9 Å². The Morgan fingerprint density at radius 1 is 1.32 bits per heavy atom. The number of ether oxygens (including phenoxy) is 1. The smallest absolute Gasteiger partial charge is 0.257 e. The maximum Gasteiger partial charge on any atom is 0.257 e. The highest BCUT2D eigenvalue weighted by atomic mass is 32.2. The number of nitrogens with one attached hydrogen (secondary N) is 2. The highest BCUT2D eigenvalue weighted by molar-refractivity contribution is 7.99. The molecule has 1 fully saturated rings. The molecule has 0 bridgehead atoms. The number of carbonyl (C=O) groups excluding carboxylic acids is 1. The minimum Gasteiger partial charge on any atom is -0.483 e. The van der Waals surface area contributed by atoms with E-state index in [9.17, 15) is 9.18 Å². The molecule has 2 N–H and O–H groups in total. The first kappa shape index (κ1) is 17.8. The first-order valence-electron chi connectivity index (χ1n) is 8.27. The van der Waals surface area contributed by atoms with Gasteiger partial charge in [-0.25, -0.2) is 4.39 Å². The largest absolute Gasteiger partial charge is 0.483 e. The number of rotatable bonds is 6. The average Bonchev–Trinajstić information content (AvgIpc) is 3.14. The van der Waals surface area contributed by atoms with Crippen molar-refractivity contribution >= 4 is 17.7 Å². The summed E-state index contributed by atoms with van der Waals surface area (Å²) in [4.78, 5) is 13.3. The number of benzene rings is 2. The van der Waals surface area contributed by atoms with Crippen molar-refractivity contribution in [3.8, 4) is 5.75 Å². The second-order valence-corrected chi connectivity index (χ2v) is 7.06. The summed E-state index contributed by atoms with van der Waals surface area (Å²) < 4.78 is 19.2. The van der Waals surface area contributed by atoms with Gasteiger partial charge in [0.15, 0.2) is 6.61 Å². The third kappa shape index (κ3) is 4.74. The third-order valence-electron chi connectivity index (χ3n) is 4.15. The second kappa shape index (κ2) is 8.36. The number of halogens is 1. The minimum atomic E-state index is -0.255. The number of hydrogen-bond donors (Lipinski definition) is 2. The van der Waals surface area contributed by atoms with Crippen LogP contribution >= 0.6 is 11.8 Å². The van der Waals surface area contributed by atoms with E-state index < -0.39 is 0 Å². The molecule has 1 saturated heterocycles. The summed E-state index contributed by atoms with van der Waals surface area (Å²) in [6, 6.07) is 12.5. The second-order valence-electron chi connectivity index (χ2n) is 5.91. The molecule has 1 aliphatic heterocycles. The van der Waals surface area contributed by atoms with Crippen molar-refractivity contribution in [2.45, 2.75) is 22.1 Å². The van der Waals surface area contributed by atoms with Crippen LogP contribution in [0.15, 0.2) is 52.3 Å². The van der Waals surface area contributed by atoms with Crippen LogP contribution in [0.4, 0.5) is 4.39 Å². The minimum absolute atomic E-state index is 0.0161. The fourth-order valence-corrected chi connectivity index (χ4v) is 3.73. The molecular weight excluding hydrogens is 339 g/mol. The Labute approximate surface area is 151 Å². The van der Waals surface area contributed by atoms with Gasteiger partial charge in [-0.15, -0.1) is 0 Å². The molecule has 6 heteroatoms. The van der Waals surface area contributed by atoms with Crippen LogP contribution in [0.1, 0.15) is 17.9 Å². The van der Waals surface area contributed by atoms with E-state index >= 15 is 0 Å². The maximum atomic E-state index is 13.4. The molecule has 4 nitrogen and oxygen atoms in total. The van der Waals surface area contributed by atoms with Gasteiger partial charge in [-0.2, -0.15) is 0 Å².